The Morgan fingerprint density at radius 3 is 2.75 bits per heavy atom. The topological polar surface area (TPSA) is 56.7 Å². The van der Waals surface area contributed by atoms with Crippen molar-refractivity contribution in [3.05, 3.63) is 53.7 Å². The van der Waals surface area contributed by atoms with E-state index in [9.17, 15) is 0 Å². The highest BCUT2D eigenvalue weighted by atomic mass is 15.2. The Balaban J connectivity index is 1.78. The zero-order valence-corrected chi connectivity index (χ0v) is 11.6. The van der Waals surface area contributed by atoms with E-state index in [-0.39, 0.29) is 0 Å². The van der Waals surface area contributed by atoms with Crippen molar-refractivity contribution in [2.75, 3.05) is 5.73 Å². The molecule has 0 amide bonds. The maximum Gasteiger partial charge on any atom is 0.202 e. The molecule has 0 radical (unpaired) electrons. The first-order valence-corrected chi connectivity index (χ1v) is 6.87. The van der Waals surface area contributed by atoms with E-state index in [1.165, 1.54) is 5.56 Å². The second-order valence-corrected chi connectivity index (χ2v) is 5.01. The van der Waals surface area contributed by atoms with Crippen LogP contribution in [0, 0.1) is 6.92 Å². The number of aromatic nitrogens is 3. The lowest BCUT2D eigenvalue weighted by Crippen LogP contribution is -2.05. The molecule has 0 saturated heterocycles. The van der Waals surface area contributed by atoms with Gasteiger partial charge in [-0.05, 0) is 37.0 Å². The van der Waals surface area contributed by atoms with Crippen LogP contribution in [0.4, 0.5) is 5.95 Å². The summed E-state index contributed by atoms with van der Waals surface area (Å²) in [6.45, 7) is 2.87. The van der Waals surface area contributed by atoms with Gasteiger partial charge in [-0.25, -0.2) is 9.97 Å². The molecule has 2 N–H and O–H groups in total. The van der Waals surface area contributed by atoms with Gasteiger partial charge in [-0.2, -0.15) is 0 Å². The predicted octanol–water partition coefficient (Wildman–Crippen LogP) is 2.95. The summed E-state index contributed by atoms with van der Waals surface area (Å²) in [4.78, 5) is 8.83. The van der Waals surface area contributed by atoms with Crippen molar-refractivity contribution in [3.63, 3.8) is 0 Å². The molecule has 0 bridgehead atoms. The van der Waals surface area contributed by atoms with E-state index in [2.05, 4.69) is 34.2 Å². The first kappa shape index (κ1) is 12.7. The molecule has 2 heterocycles. The summed E-state index contributed by atoms with van der Waals surface area (Å²) in [6, 6.07) is 12.4. The summed E-state index contributed by atoms with van der Waals surface area (Å²) < 4.78 is 2.01. The van der Waals surface area contributed by atoms with Gasteiger partial charge in [0, 0.05) is 12.7 Å². The molecule has 0 unspecified atom stereocenters. The van der Waals surface area contributed by atoms with Crippen LogP contribution in [0.25, 0.3) is 11.2 Å². The van der Waals surface area contributed by atoms with Gasteiger partial charge in [0.05, 0.1) is 0 Å². The van der Waals surface area contributed by atoms with Crippen LogP contribution in [0.3, 0.4) is 0 Å². The third-order valence-corrected chi connectivity index (χ3v) is 3.56. The largest absolute Gasteiger partial charge is 0.369 e. The van der Waals surface area contributed by atoms with Gasteiger partial charge < -0.3 is 5.73 Å². The summed E-state index contributed by atoms with van der Waals surface area (Å²) in [5.41, 5.74) is 10.3. The van der Waals surface area contributed by atoms with Gasteiger partial charge >= 0.3 is 0 Å². The number of nitrogens with two attached hydrogens (primary N) is 1. The molecular formula is C16H18N4. The molecular weight excluding hydrogens is 248 g/mol. The number of nitrogen functional groups attached to an aromatic ring is 1. The third kappa shape index (κ3) is 2.37. The van der Waals surface area contributed by atoms with Crippen molar-refractivity contribution < 1.29 is 0 Å². The van der Waals surface area contributed by atoms with Crippen LogP contribution in [-0.2, 0) is 13.0 Å². The number of nitrogens with zero attached hydrogens (tertiary/aromatic N) is 3. The van der Waals surface area contributed by atoms with Gasteiger partial charge in [0.25, 0.3) is 0 Å². The fourth-order valence-electron chi connectivity index (χ4n) is 2.46. The van der Waals surface area contributed by atoms with Crippen LogP contribution in [0.15, 0.2) is 42.6 Å². The number of imidazole rings is 1. The zero-order valence-electron chi connectivity index (χ0n) is 11.6. The molecule has 0 saturated carbocycles. The van der Waals surface area contributed by atoms with E-state index in [0.29, 0.717) is 5.95 Å². The fraction of sp³-hybridized carbons (Fsp3) is 0.250. The fourth-order valence-corrected chi connectivity index (χ4v) is 2.46. The molecule has 1 aromatic carbocycles. The lowest BCUT2D eigenvalue weighted by atomic mass is 10.1. The normalized spacial score (nSPS) is 11.1. The molecule has 4 heteroatoms. The van der Waals surface area contributed by atoms with Crippen LogP contribution < -0.4 is 5.73 Å². The number of rotatable bonds is 4. The summed E-state index contributed by atoms with van der Waals surface area (Å²) >= 11 is 0. The van der Waals surface area contributed by atoms with E-state index >= 15 is 0 Å². The van der Waals surface area contributed by atoms with E-state index in [1.54, 1.807) is 0 Å². The lowest BCUT2D eigenvalue weighted by molar-refractivity contribution is 0.660. The Bertz CT molecular complexity index is 716. The number of hydrogen-bond acceptors (Lipinski definition) is 3. The first-order valence-electron chi connectivity index (χ1n) is 6.87. The van der Waals surface area contributed by atoms with Gasteiger partial charge in [-0.1, -0.05) is 30.3 Å². The van der Waals surface area contributed by atoms with Gasteiger partial charge in [0.15, 0.2) is 5.65 Å². The van der Waals surface area contributed by atoms with E-state index < -0.39 is 0 Å². The monoisotopic (exact) mass is 266 g/mol. The average Bonchev–Trinajstić information content (AvgIpc) is 2.78. The van der Waals surface area contributed by atoms with Crippen LogP contribution in [0.1, 0.15) is 17.5 Å². The van der Waals surface area contributed by atoms with Crippen LogP contribution in [-0.4, -0.2) is 14.5 Å². The van der Waals surface area contributed by atoms with Gasteiger partial charge in [0.2, 0.25) is 5.95 Å². The highest BCUT2D eigenvalue weighted by molar-refractivity contribution is 5.77. The molecule has 0 aliphatic rings. The molecule has 0 aliphatic carbocycles. The number of benzene rings is 1. The van der Waals surface area contributed by atoms with Crippen molar-refractivity contribution in [1.29, 1.82) is 0 Å². The van der Waals surface area contributed by atoms with E-state index in [0.717, 1.165) is 36.1 Å². The third-order valence-electron chi connectivity index (χ3n) is 3.56. The predicted molar refractivity (Wildman–Crippen MR) is 81.4 cm³/mol. The van der Waals surface area contributed by atoms with Crippen molar-refractivity contribution >= 4 is 17.1 Å². The smallest absolute Gasteiger partial charge is 0.202 e. The molecule has 0 spiro atoms. The SMILES string of the molecule is Cc1ccnc2c1nc(N)n2CCCc1ccccc1. The number of anilines is 1. The molecule has 3 aromatic rings. The lowest BCUT2D eigenvalue weighted by Gasteiger charge is -2.06. The number of hydrogen-bond donors (Lipinski definition) is 1. The number of pyridine rings is 1. The maximum absolute atomic E-state index is 6.01. The molecule has 20 heavy (non-hydrogen) atoms. The summed E-state index contributed by atoms with van der Waals surface area (Å²) in [6.07, 6.45) is 3.87. The maximum atomic E-state index is 6.01. The number of fused-ring (bicyclic) bond motifs is 1. The molecule has 0 fully saturated rings. The quantitative estimate of drug-likeness (QED) is 0.790. The Kier molecular flexibility index (Phi) is 3.37. The van der Waals surface area contributed by atoms with Crippen LogP contribution >= 0.6 is 0 Å². The standard InChI is InChI=1S/C16H18N4/c1-12-9-10-18-15-14(12)19-16(17)20(15)11-5-8-13-6-3-2-4-7-13/h2-4,6-7,9-10H,5,8,11H2,1H3,(H2,17,19). The molecule has 4 nitrogen and oxygen atoms in total. The first-order chi connectivity index (χ1) is 9.75. The van der Waals surface area contributed by atoms with Gasteiger partial charge in [-0.3, -0.25) is 4.57 Å². The second-order valence-electron chi connectivity index (χ2n) is 5.01. The van der Waals surface area contributed by atoms with Crippen molar-refractivity contribution in [3.8, 4) is 0 Å². The van der Waals surface area contributed by atoms with E-state index in [1.807, 2.05) is 29.8 Å². The highest BCUT2D eigenvalue weighted by Crippen LogP contribution is 2.19. The van der Waals surface area contributed by atoms with Crippen molar-refractivity contribution in [2.24, 2.45) is 0 Å². The highest BCUT2D eigenvalue weighted by Gasteiger charge is 2.10. The Morgan fingerprint density at radius 1 is 1.15 bits per heavy atom. The minimum atomic E-state index is 0.551. The zero-order chi connectivity index (χ0) is 13.9. The molecule has 0 aliphatic heterocycles. The summed E-state index contributed by atoms with van der Waals surface area (Å²) in [7, 11) is 0. The Morgan fingerprint density at radius 2 is 1.95 bits per heavy atom. The summed E-state index contributed by atoms with van der Waals surface area (Å²) in [5, 5.41) is 0. The van der Waals surface area contributed by atoms with Gasteiger partial charge in [0.1, 0.15) is 5.52 Å². The van der Waals surface area contributed by atoms with Crippen molar-refractivity contribution in [2.45, 2.75) is 26.3 Å². The molecule has 3 rings (SSSR count). The molecule has 0 atom stereocenters. The summed E-state index contributed by atoms with van der Waals surface area (Å²) in [5.74, 6) is 0.551. The minimum Gasteiger partial charge on any atom is -0.369 e. The van der Waals surface area contributed by atoms with Gasteiger partial charge in [-0.15, -0.1) is 0 Å². The minimum absolute atomic E-state index is 0.551. The van der Waals surface area contributed by atoms with Crippen LogP contribution in [0.5, 0.6) is 0 Å². The average molecular weight is 266 g/mol. The molecule has 102 valence electrons. The van der Waals surface area contributed by atoms with Crippen molar-refractivity contribution in [1.82, 2.24) is 14.5 Å². The number of aryl methyl sites for hydroxylation is 3. The van der Waals surface area contributed by atoms with E-state index in [4.69, 9.17) is 5.73 Å². The Labute approximate surface area is 118 Å². The van der Waals surface area contributed by atoms with Crippen LogP contribution in [0.2, 0.25) is 0 Å². The second kappa shape index (κ2) is 5.33. The molecule has 2 aromatic heterocycles. The Hall–Kier alpha value is -2.36.